The van der Waals surface area contributed by atoms with Gasteiger partial charge in [-0.25, -0.2) is 9.37 Å². The number of piperazine rings is 1. The number of imidazole rings is 1. The zero-order valence-corrected chi connectivity index (χ0v) is 21.6. The zero-order chi connectivity index (χ0) is 27.7. The first kappa shape index (κ1) is 26.6. The molecule has 39 heavy (non-hydrogen) atoms. The van der Waals surface area contributed by atoms with E-state index >= 15 is 0 Å². The van der Waals surface area contributed by atoms with E-state index in [1.807, 2.05) is 0 Å². The highest BCUT2D eigenvalue weighted by molar-refractivity contribution is 7.90. The summed E-state index contributed by atoms with van der Waals surface area (Å²) in [7, 11) is -4.13. The van der Waals surface area contributed by atoms with Crippen molar-refractivity contribution in [2.75, 3.05) is 30.5 Å². The van der Waals surface area contributed by atoms with Gasteiger partial charge in [-0.3, -0.25) is 9.10 Å². The van der Waals surface area contributed by atoms with Gasteiger partial charge >= 0.3 is 16.6 Å². The predicted molar refractivity (Wildman–Crippen MR) is 133 cm³/mol. The van der Waals surface area contributed by atoms with Crippen LogP contribution in [0.25, 0.3) is 17.1 Å². The van der Waals surface area contributed by atoms with Gasteiger partial charge in [0.15, 0.2) is 0 Å². The molecule has 206 valence electrons. The Morgan fingerprint density at radius 3 is 2.56 bits per heavy atom. The highest BCUT2D eigenvalue weighted by atomic mass is 32.2. The van der Waals surface area contributed by atoms with Crippen molar-refractivity contribution in [3.8, 4) is 11.5 Å². The van der Waals surface area contributed by atoms with Crippen molar-refractivity contribution in [2.24, 2.45) is 0 Å². The van der Waals surface area contributed by atoms with Crippen LogP contribution in [-0.4, -0.2) is 69.3 Å². The van der Waals surface area contributed by atoms with E-state index in [9.17, 15) is 26.4 Å². The van der Waals surface area contributed by atoms with Crippen LogP contribution >= 0.6 is 0 Å². The van der Waals surface area contributed by atoms with E-state index in [1.54, 1.807) is 34.7 Å². The molecular formula is C24H24F3N7O4S. The van der Waals surface area contributed by atoms with Crippen molar-refractivity contribution < 1.29 is 30.8 Å². The number of carbonyl (C=O) groups is 1. The number of fused-ring (bicyclic) bond motifs is 1. The summed E-state index contributed by atoms with van der Waals surface area (Å²) in [6.07, 6.45) is 0.631. The minimum Gasteiger partial charge on any atom is -0.415 e. The SMILES string of the molecule is CCC(=O)N1CCN(S(=O)(=O)N(Cc2cn3ccc(-c4nnc(C(F)F)o4)cc3n2)c2cccc(F)c2)CC1. The Morgan fingerprint density at radius 1 is 1.13 bits per heavy atom. The van der Waals surface area contributed by atoms with Crippen LogP contribution in [0, 0.1) is 5.82 Å². The molecule has 1 saturated heterocycles. The summed E-state index contributed by atoms with van der Waals surface area (Å²) in [4.78, 5) is 18.1. The molecule has 0 unspecified atom stereocenters. The van der Waals surface area contributed by atoms with Gasteiger partial charge in [-0.1, -0.05) is 13.0 Å². The van der Waals surface area contributed by atoms with Crippen molar-refractivity contribution in [3.63, 3.8) is 0 Å². The van der Waals surface area contributed by atoms with E-state index in [0.29, 0.717) is 23.3 Å². The Hall–Kier alpha value is -3.98. The number of carbonyl (C=O) groups excluding carboxylic acids is 1. The molecule has 0 radical (unpaired) electrons. The molecule has 1 aliphatic heterocycles. The monoisotopic (exact) mass is 563 g/mol. The van der Waals surface area contributed by atoms with E-state index in [2.05, 4.69) is 15.2 Å². The second kappa shape index (κ2) is 10.6. The Balaban J connectivity index is 1.44. The number of nitrogens with zero attached hydrogens (tertiary/aromatic N) is 7. The van der Waals surface area contributed by atoms with E-state index in [4.69, 9.17) is 4.42 Å². The zero-order valence-electron chi connectivity index (χ0n) is 20.7. The van der Waals surface area contributed by atoms with Gasteiger partial charge in [0.2, 0.25) is 11.8 Å². The number of hydrogen-bond donors (Lipinski definition) is 0. The maximum absolute atomic E-state index is 14.1. The predicted octanol–water partition coefficient (Wildman–Crippen LogP) is 3.27. The second-order valence-electron chi connectivity index (χ2n) is 8.79. The topological polar surface area (TPSA) is 117 Å². The lowest BCUT2D eigenvalue weighted by Crippen LogP contribution is -2.54. The van der Waals surface area contributed by atoms with Gasteiger partial charge in [0, 0.05) is 50.6 Å². The van der Waals surface area contributed by atoms with Crippen LogP contribution in [0.5, 0.6) is 0 Å². The molecule has 1 aliphatic rings. The average Bonchev–Trinajstić information content (AvgIpc) is 3.58. The van der Waals surface area contributed by atoms with Gasteiger partial charge < -0.3 is 13.7 Å². The summed E-state index contributed by atoms with van der Waals surface area (Å²) in [6, 6.07) is 8.35. The summed E-state index contributed by atoms with van der Waals surface area (Å²) < 4.78 is 76.3. The first-order valence-electron chi connectivity index (χ1n) is 12.1. The molecule has 11 nitrogen and oxygen atoms in total. The summed E-state index contributed by atoms with van der Waals surface area (Å²) in [5.41, 5.74) is 1.19. The fourth-order valence-electron chi connectivity index (χ4n) is 4.30. The Morgan fingerprint density at radius 2 is 1.90 bits per heavy atom. The van der Waals surface area contributed by atoms with Crippen molar-refractivity contribution in [1.82, 2.24) is 28.8 Å². The van der Waals surface area contributed by atoms with Crippen LogP contribution in [0.3, 0.4) is 0 Å². The minimum absolute atomic E-state index is 0.0518. The number of aromatic nitrogens is 4. The number of rotatable bonds is 8. The van der Waals surface area contributed by atoms with Crippen LogP contribution in [0.1, 0.15) is 31.4 Å². The van der Waals surface area contributed by atoms with Gasteiger partial charge in [-0.15, -0.1) is 10.2 Å². The van der Waals surface area contributed by atoms with E-state index < -0.39 is 28.3 Å². The second-order valence-corrected chi connectivity index (χ2v) is 10.6. The molecule has 5 rings (SSSR count). The molecule has 0 N–H and O–H groups in total. The average molecular weight is 564 g/mol. The minimum atomic E-state index is -4.13. The van der Waals surface area contributed by atoms with E-state index in [1.165, 1.54) is 28.6 Å². The first-order valence-corrected chi connectivity index (χ1v) is 13.5. The van der Waals surface area contributed by atoms with E-state index in [-0.39, 0.29) is 50.2 Å². The van der Waals surface area contributed by atoms with E-state index in [0.717, 1.165) is 10.4 Å². The van der Waals surface area contributed by atoms with Gasteiger partial charge in [-0.05, 0) is 30.3 Å². The maximum atomic E-state index is 14.1. The molecule has 15 heteroatoms. The smallest absolute Gasteiger partial charge is 0.314 e. The lowest BCUT2D eigenvalue weighted by Gasteiger charge is -2.37. The number of anilines is 1. The van der Waals surface area contributed by atoms with Crippen molar-refractivity contribution in [1.29, 1.82) is 0 Å². The molecule has 1 amide bonds. The molecule has 0 bridgehead atoms. The largest absolute Gasteiger partial charge is 0.415 e. The summed E-state index contributed by atoms with van der Waals surface area (Å²) in [5.74, 6) is -1.57. The molecule has 0 saturated carbocycles. The van der Waals surface area contributed by atoms with Crippen molar-refractivity contribution in [3.05, 3.63) is 66.2 Å². The Kier molecular flexibility index (Phi) is 7.27. The number of benzene rings is 1. The van der Waals surface area contributed by atoms with Crippen LogP contribution in [0.2, 0.25) is 0 Å². The molecule has 4 aromatic rings. The molecule has 1 fully saturated rings. The molecule has 0 spiro atoms. The highest BCUT2D eigenvalue weighted by Crippen LogP contribution is 2.27. The van der Waals surface area contributed by atoms with Gasteiger partial charge in [-0.2, -0.15) is 21.5 Å². The fraction of sp³-hybridized carbons (Fsp3) is 0.333. The number of amides is 1. The summed E-state index contributed by atoms with van der Waals surface area (Å²) in [6.45, 7) is 2.23. The van der Waals surface area contributed by atoms with Crippen molar-refractivity contribution in [2.45, 2.75) is 26.3 Å². The number of halogens is 3. The fourth-order valence-corrected chi connectivity index (χ4v) is 5.88. The lowest BCUT2D eigenvalue weighted by molar-refractivity contribution is -0.132. The Labute approximate surface area is 221 Å². The Bertz CT molecular complexity index is 1600. The number of alkyl halides is 2. The summed E-state index contributed by atoms with van der Waals surface area (Å²) >= 11 is 0. The normalized spacial score (nSPS) is 14.8. The quantitative estimate of drug-likeness (QED) is 0.323. The molecule has 4 heterocycles. The third-order valence-electron chi connectivity index (χ3n) is 6.28. The third kappa shape index (κ3) is 5.45. The van der Waals surface area contributed by atoms with Crippen LogP contribution in [0.15, 0.2) is 53.2 Å². The molecule has 3 aromatic heterocycles. The highest BCUT2D eigenvalue weighted by Gasteiger charge is 2.34. The first-order chi connectivity index (χ1) is 18.7. The molecule has 0 atom stereocenters. The lowest BCUT2D eigenvalue weighted by atomic mass is 10.2. The standard InChI is InChI=1S/C24H24F3N7O4S/c1-2-21(35)31-8-10-33(11-9-31)39(36,37)34(19-5-3-4-17(25)13-19)15-18-14-32-7-6-16(12-20(32)28-18)23-29-30-24(38-23)22(26)27/h3-7,12-14,22H,2,8-11,15H2,1H3. The van der Waals surface area contributed by atoms with Crippen LogP contribution in [0.4, 0.5) is 18.9 Å². The van der Waals surface area contributed by atoms with Gasteiger partial charge in [0.05, 0.1) is 17.9 Å². The number of hydrogen-bond acceptors (Lipinski definition) is 7. The van der Waals surface area contributed by atoms with Crippen LogP contribution < -0.4 is 4.31 Å². The van der Waals surface area contributed by atoms with Gasteiger partial charge in [0.1, 0.15) is 11.5 Å². The molecule has 1 aromatic carbocycles. The molecular weight excluding hydrogens is 539 g/mol. The van der Waals surface area contributed by atoms with Crippen molar-refractivity contribution >= 4 is 27.5 Å². The molecule has 0 aliphatic carbocycles. The number of pyridine rings is 1. The van der Waals surface area contributed by atoms with Crippen LogP contribution in [-0.2, 0) is 21.5 Å². The maximum Gasteiger partial charge on any atom is 0.314 e. The summed E-state index contributed by atoms with van der Waals surface area (Å²) in [5, 5.41) is 6.96. The van der Waals surface area contributed by atoms with Gasteiger partial charge in [0.25, 0.3) is 5.89 Å². The third-order valence-corrected chi connectivity index (χ3v) is 8.20.